The molecule has 0 unspecified atom stereocenters. The molecule has 1 fully saturated rings. The van der Waals surface area contributed by atoms with E-state index in [1.165, 1.54) is 18.5 Å². The molecule has 25 heavy (non-hydrogen) atoms. The molecule has 2 aliphatic rings. The van der Waals surface area contributed by atoms with Crippen LogP contribution < -0.4 is 9.80 Å². The van der Waals surface area contributed by atoms with E-state index in [0.29, 0.717) is 12.6 Å². The highest BCUT2D eigenvalue weighted by molar-refractivity contribution is 5.85. The molecule has 0 atom stereocenters. The lowest BCUT2D eigenvalue weighted by Crippen LogP contribution is -2.32. The lowest BCUT2D eigenvalue weighted by Gasteiger charge is -2.22. The number of nitrogens with zero attached hydrogens (tertiary/aromatic N) is 4. The highest BCUT2D eigenvalue weighted by atomic mass is 16.3. The predicted molar refractivity (Wildman–Crippen MR) is 98.5 cm³/mol. The second kappa shape index (κ2) is 5.70. The molecule has 3 heterocycles. The summed E-state index contributed by atoms with van der Waals surface area (Å²) in [5, 5.41) is 12.1. The Balaban J connectivity index is 1.53. The zero-order valence-electron chi connectivity index (χ0n) is 14.0. The molecule has 1 aromatic carbocycles. The van der Waals surface area contributed by atoms with Crippen molar-refractivity contribution in [1.29, 1.82) is 0 Å². The van der Waals surface area contributed by atoms with Crippen LogP contribution >= 0.6 is 0 Å². The first-order valence-electron chi connectivity index (χ1n) is 8.77. The summed E-state index contributed by atoms with van der Waals surface area (Å²) < 4.78 is 0. The number of aromatic nitrogens is 2. The number of aliphatic hydroxyl groups excluding tert-OH is 1. The summed E-state index contributed by atoms with van der Waals surface area (Å²) in [5.41, 5.74) is 4.29. The Morgan fingerprint density at radius 2 is 1.96 bits per heavy atom. The van der Waals surface area contributed by atoms with Crippen LogP contribution in [-0.2, 0) is 13.2 Å². The first-order chi connectivity index (χ1) is 12.3. The molecule has 3 aromatic rings. The van der Waals surface area contributed by atoms with E-state index in [-0.39, 0.29) is 6.61 Å². The van der Waals surface area contributed by atoms with Gasteiger partial charge >= 0.3 is 0 Å². The highest BCUT2D eigenvalue weighted by Gasteiger charge is 2.36. The number of hydrogen-bond acceptors (Lipinski definition) is 5. The van der Waals surface area contributed by atoms with E-state index in [1.54, 1.807) is 0 Å². The van der Waals surface area contributed by atoms with Crippen molar-refractivity contribution in [2.45, 2.75) is 32.0 Å². The van der Waals surface area contributed by atoms with Gasteiger partial charge in [0, 0.05) is 29.4 Å². The van der Waals surface area contributed by atoms with E-state index < -0.39 is 0 Å². The monoisotopic (exact) mass is 332 g/mol. The van der Waals surface area contributed by atoms with Crippen LogP contribution in [0.15, 0.2) is 48.9 Å². The van der Waals surface area contributed by atoms with Crippen molar-refractivity contribution >= 4 is 22.1 Å². The molecule has 1 aliphatic heterocycles. The first-order valence-corrected chi connectivity index (χ1v) is 8.77. The van der Waals surface area contributed by atoms with E-state index in [9.17, 15) is 5.11 Å². The lowest BCUT2D eigenvalue weighted by molar-refractivity contribution is 0.281. The molecule has 5 rings (SSSR count). The van der Waals surface area contributed by atoms with Gasteiger partial charge in [0.25, 0.3) is 0 Å². The predicted octanol–water partition coefficient (Wildman–Crippen LogP) is 3.07. The molecule has 0 saturated heterocycles. The van der Waals surface area contributed by atoms with Crippen LogP contribution in [0.3, 0.4) is 0 Å². The largest absolute Gasteiger partial charge is 0.392 e. The van der Waals surface area contributed by atoms with E-state index in [4.69, 9.17) is 0 Å². The molecule has 0 bridgehead atoms. The Hall–Kier alpha value is -2.66. The molecule has 0 spiro atoms. The van der Waals surface area contributed by atoms with Crippen molar-refractivity contribution in [3.63, 3.8) is 0 Å². The maximum atomic E-state index is 9.95. The van der Waals surface area contributed by atoms with E-state index in [0.717, 1.165) is 34.4 Å². The van der Waals surface area contributed by atoms with Crippen LogP contribution in [0.4, 0.5) is 11.4 Å². The lowest BCUT2D eigenvalue weighted by atomic mass is 10.0. The Morgan fingerprint density at radius 3 is 2.80 bits per heavy atom. The molecule has 1 saturated carbocycles. The zero-order chi connectivity index (χ0) is 16.8. The van der Waals surface area contributed by atoms with Gasteiger partial charge < -0.3 is 14.9 Å². The number of rotatable bonds is 4. The van der Waals surface area contributed by atoms with Crippen molar-refractivity contribution in [2.24, 2.45) is 0 Å². The van der Waals surface area contributed by atoms with Gasteiger partial charge in [0.1, 0.15) is 0 Å². The second-order valence-electron chi connectivity index (χ2n) is 6.83. The summed E-state index contributed by atoms with van der Waals surface area (Å²) in [6.07, 6.45) is 8.25. The highest BCUT2D eigenvalue weighted by Crippen LogP contribution is 2.42. The van der Waals surface area contributed by atoms with Crippen LogP contribution in [0.2, 0.25) is 0 Å². The van der Waals surface area contributed by atoms with Crippen LogP contribution in [0.1, 0.15) is 24.1 Å². The minimum atomic E-state index is 0.00373. The summed E-state index contributed by atoms with van der Waals surface area (Å²) >= 11 is 0. The van der Waals surface area contributed by atoms with E-state index in [2.05, 4.69) is 31.9 Å². The molecule has 0 radical (unpaired) electrons. The van der Waals surface area contributed by atoms with Gasteiger partial charge in [-0.15, -0.1) is 0 Å². The SMILES string of the molecule is OCc1c(CN2CN(C3CC3)c3ccncc32)ncc2ccccc12. The fourth-order valence-electron chi connectivity index (χ4n) is 3.79. The molecule has 1 N–H and O–H groups in total. The summed E-state index contributed by atoms with van der Waals surface area (Å²) in [6.45, 7) is 1.55. The first kappa shape index (κ1) is 14.7. The summed E-state index contributed by atoms with van der Waals surface area (Å²) in [5.74, 6) is 0. The molecule has 0 amide bonds. The number of fused-ring (bicyclic) bond motifs is 2. The Labute approximate surface area is 146 Å². The van der Waals surface area contributed by atoms with Crippen LogP contribution in [0.5, 0.6) is 0 Å². The van der Waals surface area contributed by atoms with Gasteiger partial charge in [0.15, 0.2) is 0 Å². The fraction of sp³-hybridized carbons (Fsp3) is 0.300. The average Bonchev–Trinajstić information content (AvgIpc) is 3.44. The van der Waals surface area contributed by atoms with Gasteiger partial charge in [-0.3, -0.25) is 9.97 Å². The normalized spacial score (nSPS) is 16.5. The third-order valence-corrected chi connectivity index (χ3v) is 5.23. The zero-order valence-corrected chi connectivity index (χ0v) is 14.0. The smallest absolute Gasteiger partial charge is 0.0911 e. The Bertz CT molecular complexity index is 938. The average molecular weight is 332 g/mol. The summed E-state index contributed by atoms with van der Waals surface area (Å²) in [4.78, 5) is 13.8. The molecule has 5 heteroatoms. The number of pyridine rings is 2. The number of anilines is 2. The molecule has 1 aliphatic carbocycles. The molecular weight excluding hydrogens is 312 g/mol. The standard InChI is InChI=1S/C20H20N4O/c25-12-17-16-4-2-1-3-14(16)9-22-18(17)11-23-13-24(15-5-6-15)19-7-8-21-10-20(19)23/h1-4,7-10,15,25H,5-6,11-13H2. The van der Waals surface area contributed by atoms with Crippen LogP contribution in [-0.4, -0.2) is 27.8 Å². The van der Waals surface area contributed by atoms with Crippen molar-refractivity contribution in [3.8, 4) is 0 Å². The minimum absolute atomic E-state index is 0.00373. The Kier molecular flexibility index (Phi) is 3.35. The van der Waals surface area contributed by atoms with E-state index in [1.807, 2.05) is 36.8 Å². The molecule has 2 aromatic heterocycles. The van der Waals surface area contributed by atoms with Gasteiger partial charge in [-0.05, 0) is 24.3 Å². The van der Waals surface area contributed by atoms with E-state index >= 15 is 0 Å². The minimum Gasteiger partial charge on any atom is -0.392 e. The van der Waals surface area contributed by atoms with Gasteiger partial charge in [-0.2, -0.15) is 0 Å². The molecular formula is C20H20N4O. The molecule has 126 valence electrons. The van der Waals surface area contributed by atoms with Crippen molar-refractivity contribution in [2.75, 3.05) is 16.5 Å². The summed E-state index contributed by atoms with van der Waals surface area (Å²) in [7, 11) is 0. The quantitative estimate of drug-likeness (QED) is 0.796. The number of hydrogen-bond donors (Lipinski definition) is 1. The van der Waals surface area contributed by atoms with Crippen LogP contribution in [0.25, 0.3) is 10.8 Å². The third-order valence-electron chi connectivity index (χ3n) is 5.23. The van der Waals surface area contributed by atoms with Gasteiger partial charge in [0.05, 0.1) is 43.1 Å². The van der Waals surface area contributed by atoms with Crippen molar-refractivity contribution in [1.82, 2.24) is 9.97 Å². The molecule has 5 nitrogen and oxygen atoms in total. The van der Waals surface area contributed by atoms with Crippen molar-refractivity contribution in [3.05, 3.63) is 60.2 Å². The fourth-order valence-corrected chi connectivity index (χ4v) is 3.79. The summed E-state index contributed by atoms with van der Waals surface area (Å²) in [6, 6.07) is 10.9. The third kappa shape index (κ3) is 2.43. The maximum absolute atomic E-state index is 9.95. The number of aliphatic hydroxyl groups is 1. The van der Waals surface area contributed by atoms with Gasteiger partial charge in [-0.25, -0.2) is 0 Å². The Morgan fingerprint density at radius 1 is 1.08 bits per heavy atom. The maximum Gasteiger partial charge on any atom is 0.0911 e. The van der Waals surface area contributed by atoms with Gasteiger partial charge in [-0.1, -0.05) is 24.3 Å². The van der Waals surface area contributed by atoms with Gasteiger partial charge in [0.2, 0.25) is 0 Å². The van der Waals surface area contributed by atoms with Crippen molar-refractivity contribution < 1.29 is 5.11 Å². The second-order valence-corrected chi connectivity index (χ2v) is 6.83. The van der Waals surface area contributed by atoms with Crippen LogP contribution in [0, 0.1) is 0 Å². The topological polar surface area (TPSA) is 52.5 Å². The number of benzene rings is 1.